The molecule has 0 saturated carbocycles. The van der Waals surface area contributed by atoms with Gasteiger partial charge in [0.25, 0.3) is 0 Å². The van der Waals surface area contributed by atoms with E-state index in [1.54, 1.807) is 18.2 Å². The summed E-state index contributed by atoms with van der Waals surface area (Å²) in [5.74, 6) is 0. The lowest BCUT2D eigenvalue weighted by molar-refractivity contribution is 1.46. The van der Waals surface area contributed by atoms with Crippen molar-refractivity contribution in [2.45, 2.75) is 0 Å². The van der Waals surface area contributed by atoms with E-state index in [9.17, 15) is 0 Å². The highest BCUT2D eigenvalue weighted by molar-refractivity contribution is 6.32. The molecule has 0 saturated heterocycles. The summed E-state index contributed by atoms with van der Waals surface area (Å²) in [7, 11) is 0. The molecule has 1 radical (unpaired) electrons. The third-order valence-electron chi connectivity index (χ3n) is 1.31. The summed E-state index contributed by atoms with van der Waals surface area (Å²) < 4.78 is 0. The molecule has 11 heavy (non-hydrogen) atoms. The molecule has 0 spiro atoms. The molecule has 0 fully saturated rings. The Morgan fingerprint density at radius 1 is 1.36 bits per heavy atom. The predicted molar refractivity (Wildman–Crippen MR) is 44.1 cm³/mol. The van der Waals surface area contributed by atoms with Crippen molar-refractivity contribution in [1.29, 1.82) is 5.26 Å². The summed E-state index contributed by atoms with van der Waals surface area (Å²) in [5.41, 5.74) is 1.13. The molecule has 0 bridgehead atoms. The smallest absolute Gasteiger partial charge is 0.101 e. The number of hydrogen-bond donors (Lipinski definition) is 0. The minimum Gasteiger partial charge on any atom is -0.192 e. The molecule has 0 heterocycles. The molecular weight excluding hydrogens is 158 g/mol. The molecule has 0 amide bonds. The third kappa shape index (κ3) is 1.42. The van der Waals surface area contributed by atoms with Gasteiger partial charge in [-0.1, -0.05) is 30.3 Å². The van der Waals surface area contributed by atoms with Gasteiger partial charge in [0.15, 0.2) is 0 Å². The highest BCUT2D eigenvalue weighted by atomic mass is 35.5. The Morgan fingerprint density at radius 3 is 2.55 bits per heavy atom. The van der Waals surface area contributed by atoms with Crippen LogP contribution in [0.5, 0.6) is 0 Å². The zero-order valence-electron chi connectivity index (χ0n) is 5.76. The van der Waals surface area contributed by atoms with E-state index in [2.05, 4.69) is 12.7 Å². The van der Waals surface area contributed by atoms with Gasteiger partial charge >= 0.3 is 0 Å². The first-order chi connectivity index (χ1) is 5.29. The monoisotopic (exact) mass is 162 g/mol. The molecule has 0 unspecified atom stereocenters. The number of hydrogen-bond acceptors (Lipinski definition) is 1. The number of nitrogens with zero attached hydrogens (tertiary/aromatic N) is 1. The Hall–Kier alpha value is -1.26. The summed E-state index contributed by atoms with van der Waals surface area (Å²) in [4.78, 5) is 0. The van der Waals surface area contributed by atoms with Crippen molar-refractivity contribution in [3.05, 3.63) is 47.0 Å². The van der Waals surface area contributed by atoms with Gasteiger partial charge in [-0.05, 0) is 12.1 Å². The fourth-order valence-corrected chi connectivity index (χ4v) is 0.990. The van der Waals surface area contributed by atoms with Gasteiger partial charge in [-0.3, -0.25) is 0 Å². The van der Waals surface area contributed by atoms with E-state index in [1.807, 2.05) is 6.07 Å². The minimum absolute atomic E-state index is 0.421. The topological polar surface area (TPSA) is 23.8 Å². The molecule has 1 rings (SSSR count). The summed E-state index contributed by atoms with van der Waals surface area (Å²) in [5, 5.41) is 8.98. The van der Waals surface area contributed by atoms with E-state index in [-0.39, 0.29) is 0 Å². The summed E-state index contributed by atoms with van der Waals surface area (Å²) in [6.45, 7) is 3.45. The average Bonchev–Trinajstić information content (AvgIpc) is 2.05. The molecule has 0 aliphatic rings. The van der Waals surface area contributed by atoms with Gasteiger partial charge in [0.2, 0.25) is 0 Å². The van der Waals surface area contributed by atoms with E-state index in [1.165, 1.54) is 0 Å². The molecule has 53 valence electrons. The molecule has 0 atom stereocenters. The van der Waals surface area contributed by atoms with Crippen molar-refractivity contribution >= 4 is 11.6 Å². The van der Waals surface area contributed by atoms with Gasteiger partial charge in [-0.15, -0.1) is 0 Å². The predicted octanol–water partition coefficient (Wildman–Crippen LogP) is 2.55. The Bertz CT molecular complexity index is 323. The van der Waals surface area contributed by atoms with E-state index in [4.69, 9.17) is 16.9 Å². The number of benzene rings is 1. The average molecular weight is 163 g/mol. The van der Waals surface area contributed by atoms with Crippen LogP contribution in [0.4, 0.5) is 0 Å². The summed E-state index contributed by atoms with van der Waals surface area (Å²) in [6.07, 6.45) is 2.64. The van der Waals surface area contributed by atoms with E-state index < -0.39 is 0 Å². The minimum atomic E-state index is 0.421. The van der Waals surface area contributed by atoms with Crippen molar-refractivity contribution in [3.8, 4) is 6.07 Å². The SMILES string of the molecule is C=[C]c1cccc(C#N)c1Cl. The van der Waals surface area contributed by atoms with Crippen molar-refractivity contribution in [2.75, 3.05) is 0 Å². The van der Waals surface area contributed by atoms with Crippen LogP contribution in [0.1, 0.15) is 11.1 Å². The van der Waals surface area contributed by atoms with Crippen LogP contribution in [0.2, 0.25) is 5.02 Å². The Kier molecular flexibility index (Phi) is 2.30. The van der Waals surface area contributed by atoms with Crippen LogP contribution in [0.3, 0.4) is 0 Å². The molecule has 0 aromatic heterocycles. The van der Waals surface area contributed by atoms with E-state index in [0.29, 0.717) is 16.1 Å². The second-order valence-electron chi connectivity index (χ2n) is 1.96. The van der Waals surface area contributed by atoms with Crippen molar-refractivity contribution < 1.29 is 0 Å². The zero-order valence-corrected chi connectivity index (χ0v) is 6.52. The van der Waals surface area contributed by atoms with Gasteiger partial charge < -0.3 is 0 Å². The first-order valence-corrected chi connectivity index (χ1v) is 3.39. The molecule has 2 heteroatoms. The van der Waals surface area contributed by atoms with Gasteiger partial charge in [-0.25, -0.2) is 0 Å². The molecule has 1 nitrogen and oxygen atoms in total. The third-order valence-corrected chi connectivity index (χ3v) is 1.72. The second-order valence-corrected chi connectivity index (χ2v) is 2.33. The number of rotatable bonds is 1. The first kappa shape index (κ1) is 7.84. The first-order valence-electron chi connectivity index (χ1n) is 3.01. The second kappa shape index (κ2) is 3.23. The van der Waals surface area contributed by atoms with Gasteiger partial charge in [-0.2, -0.15) is 5.26 Å². The van der Waals surface area contributed by atoms with Crippen LogP contribution < -0.4 is 0 Å². The summed E-state index contributed by atoms with van der Waals surface area (Å²) in [6, 6.07) is 7.13. The molecule has 1 aromatic carbocycles. The van der Waals surface area contributed by atoms with Gasteiger partial charge in [0.05, 0.1) is 10.6 Å². The van der Waals surface area contributed by atoms with Crippen molar-refractivity contribution in [3.63, 3.8) is 0 Å². The molecule has 0 aliphatic heterocycles. The van der Waals surface area contributed by atoms with Crippen LogP contribution in [0.25, 0.3) is 0 Å². The lowest BCUT2D eigenvalue weighted by Crippen LogP contribution is -1.80. The Balaban J connectivity index is 3.34. The highest BCUT2D eigenvalue weighted by Gasteiger charge is 2.01. The maximum absolute atomic E-state index is 8.56. The highest BCUT2D eigenvalue weighted by Crippen LogP contribution is 2.19. The largest absolute Gasteiger partial charge is 0.192 e. The summed E-state index contributed by atoms with van der Waals surface area (Å²) >= 11 is 5.78. The fourth-order valence-electron chi connectivity index (χ4n) is 0.755. The van der Waals surface area contributed by atoms with Crippen molar-refractivity contribution in [2.24, 2.45) is 0 Å². The van der Waals surface area contributed by atoms with E-state index in [0.717, 1.165) is 0 Å². The quantitative estimate of drug-likeness (QED) is 0.623. The standard InChI is InChI=1S/C9H5ClN/c1-2-7-4-3-5-8(6-11)9(7)10/h3-5H,1H2. The molecular formula is C9H5ClN. The maximum atomic E-state index is 8.56. The normalized spacial score (nSPS) is 8.73. The lowest BCUT2D eigenvalue weighted by atomic mass is 10.1. The van der Waals surface area contributed by atoms with Crippen LogP contribution in [-0.4, -0.2) is 0 Å². The van der Waals surface area contributed by atoms with Crippen LogP contribution >= 0.6 is 11.6 Å². The van der Waals surface area contributed by atoms with Crippen LogP contribution in [-0.2, 0) is 0 Å². The Morgan fingerprint density at radius 2 is 2.00 bits per heavy atom. The molecule has 0 N–H and O–H groups in total. The maximum Gasteiger partial charge on any atom is 0.101 e. The van der Waals surface area contributed by atoms with Crippen LogP contribution in [0, 0.1) is 17.4 Å². The van der Waals surface area contributed by atoms with Gasteiger partial charge in [0.1, 0.15) is 6.07 Å². The number of nitriles is 1. The number of halogens is 1. The molecule has 0 aliphatic carbocycles. The lowest BCUT2D eigenvalue weighted by Gasteiger charge is -1.96. The fraction of sp³-hybridized carbons (Fsp3) is 0. The molecule has 1 aromatic rings. The van der Waals surface area contributed by atoms with Crippen LogP contribution in [0.15, 0.2) is 24.8 Å². The van der Waals surface area contributed by atoms with Gasteiger partial charge in [0, 0.05) is 5.56 Å². The Labute approximate surface area is 70.5 Å². The zero-order chi connectivity index (χ0) is 8.27. The van der Waals surface area contributed by atoms with E-state index >= 15 is 0 Å². The van der Waals surface area contributed by atoms with Crippen molar-refractivity contribution in [1.82, 2.24) is 0 Å².